The molecule has 2 aliphatic rings. The molecule has 2 nitrogen and oxygen atoms in total. The Morgan fingerprint density at radius 1 is 0.800 bits per heavy atom. The Bertz CT molecular complexity index is 1030. The first-order valence-electron chi connectivity index (χ1n) is 8.95. The minimum absolute atomic E-state index is 0.750. The van der Waals surface area contributed by atoms with Gasteiger partial charge in [-0.15, -0.1) is 0 Å². The van der Waals surface area contributed by atoms with Crippen LogP contribution in [0.5, 0.6) is 0 Å². The first-order chi connectivity index (χ1) is 12.4. The van der Waals surface area contributed by atoms with Crippen molar-refractivity contribution < 1.29 is 4.79 Å². The van der Waals surface area contributed by atoms with Crippen molar-refractivity contribution in [3.63, 3.8) is 0 Å². The Morgan fingerprint density at radius 2 is 1.44 bits per heavy atom. The van der Waals surface area contributed by atoms with E-state index in [0.717, 1.165) is 54.0 Å². The topological polar surface area (TPSA) is 22.0 Å². The second-order valence-electron chi connectivity index (χ2n) is 6.78. The van der Waals surface area contributed by atoms with Gasteiger partial charge in [0.2, 0.25) is 0 Å². The average molecular weight is 325 g/mol. The van der Waals surface area contributed by atoms with Gasteiger partial charge in [-0.1, -0.05) is 36.4 Å². The van der Waals surface area contributed by atoms with E-state index in [2.05, 4.69) is 47.1 Å². The summed E-state index contributed by atoms with van der Waals surface area (Å²) in [5, 5.41) is 2.15. The minimum atomic E-state index is 0.750. The van der Waals surface area contributed by atoms with Gasteiger partial charge in [0.1, 0.15) is 0 Å². The molecular formula is C23H19NO. The number of hydrogen-bond donors (Lipinski definition) is 0. The lowest BCUT2D eigenvalue weighted by atomic mass is 9.94. The first-order valence-corrected chi connectivity index (χ1v) is 8.95. The van der Waals surface area contributed by atoms with Crippen molar-refractivity contribution in [2.45, 2.75) is 25.7 Å². The SMILES string of the molecule is O=Cc1ccc(-n2c3c(c4c2C=CCC4)CCC=C3)c2ccccc12. The summed E-state index contributed by atoms with van der Waals surface area (Å²) in [7, 11) is 0. The Kier molecular flexibility index (Phi) is 3.24. The Morgan fingerprint density at radius 3 is 2.08 bits per heavy atom. The first kappa shape index (κ1) is 14.5. The smallest absolute Gasteiger partial charge is 0.150 e. The van der Waals surface area contributed by atoms with E-state index in [1.807, 2.05) is 18.2 Å². The molecule has 1 heterocycles. The maximum atomic E-state index is 11.5. The molecule has 3 aromatic rings. The monoisotopic (exact) mass is 325 g/mol. The predicted octanol–water partition coefficient (Wildman–Crippen LogP) is 5.36. The number of fused-ring (bicyclic) bond motifs is 4. The zero-order valence-corrected chi connectivity index (χ0v) is 14.0. The van der Waals surface area contributed by atoms with Crippen molar-refractivity contribution in [2.75, 3.05) is 0 Å². The molecule has 0 aliphatic heterocycles. The van der Waals surface area contributed by atoms with Gasteiger partial charge < -0.3 is 4.57 Å². The Hall–Kier alpha value is -2.87. The number of nitrogens with zero attached hydrogens (tertiary/aromatic N) is 1. The lowest BCUT2D eigenvalue weighted by Gasteiger charge is -2.16. The molecule has 25 heavy (non-hydrogen) atoms. The molecule has 0 atom stereocenters. The highest BCUT2D eigenvalue weighted by atomic mass is 16.1. The fourth-order valence-electron chi connectivity index (χ4n) is 4.33. The van der Waals surface area contributed by atoms with Gasteiger partial charge in [0, 0.05) is 22.3 Å². The molecule has 2 heteroatoms. The molecule has 2 aromatic carbocycles. The lowest BCUT2D eigenvalue weighted by Crippen LogP contribution is -2.04. The number of carbonyl (C=O) groups excluding carboxylic acids is 1. The summed E-state index contributed by atoms with van der Waals surface area (Å²) in [6, 6.07) is 12.3. The largest absolute Gasteiger partial charge is 0.309 e. The molecule has 1 aromatic heterocycles. The normalized spacial score (nSPS) is 15.2. The second-order valence-corrected chi connectivity index (χ2v) is 6.78. The number of benzene rings is 2. The van der Waals surface area contributed by atoms with E-state index in [0.29, 0.717) is 0 Å². The van der Waals surface area contributed by atoms with Crippen molar-refractivity contribution in [2.24, 2.45) is 0 Å². The van der Waals surface area contributed by atoms with Gasteiger partial charge in [-0.2, -0.15) is 0 Å². The van der Waals surface area contributed by atoms with Crippen LogP contribution in [0.2, 0.25) is 0 Å². The molecule has 0 amide bonds. The standard InChI is InChI=1S/C23H19NO/c25-15-16-13-14-23(18-8-2-1-7-17(16)18)24-21-11-5-3-9-19(21)20-10-4-6-12-22(20)24/h1-2,5-8,11-15H,3-4,9-10H2. The highest BCUT2D eigenvalue weighted by molar-refractivity contribution is 6.02. The van der Waals surface area contributed by atoms with Crippen LogP contribution in [0.3, 0.4) is 0 Å². The van der Waals surface area contributed by atoms with Gasteiger partial charge in [-0.25, -0.2) is 0 Å². The number of aromatic nitrogens is 1. The van der Waals surface area contributed by atoms with Crippen molar-refractivity contribution in [1.82, 2.24) is 4.57 Å². The summed E-state index contributed by atoms with van der Waals surface area (Å²) in [4.78, 5) is 11.5. The third-order valence-electron chi connectivity index (χ3n) is 5.44. The van der Waals surface area contributed by atoms with Gasteiger partial charge in [-0.3, -0.25) is 4.79 Å². The Labute approximate surface area is 147 Å². The van der Waals surface area contributed by atoms with E-state index < -0.39 is 0 Å². The molecule has 0 saturated heterocycles. The Balaban J connectivity index is 1.89. The number of aldehydes is 1. The van der Waals surface area contributed by atoms with Crippen LogP contribution in [-0.2, 0) is 12.8 Å². The zero-order chi connectivity index (χ0) is 16.8. The summed E-state index contributed by atoms with van der Waals surface area (Å²) in [6.45, 7) is 0. The van der Waals surface area contributed by atoms with E-state index in [9.17, 15) is 4.79 Å². The zero-order valence-electron chi connectivity index (χ0n) is 14.0. The van der Waals surface area contributed by atoms with Gasteiger partial charge in [0.15, 0.2) is 6.29 Å². The summed E-state index contributed by atoms with van der Waals surface area (Å²) in [5.41, 5.74) is 7.55. The van der Waals surface area contributed by atoms with Gasteiger partial charge in [-0.05, 0) is 66.5 Å². The van der Waals surface area contributed by atoms with Crippen LogP contribution >= 0.6 is 0 Å². The van der Waals surface area contributed by atoms with Gasteiger partial charge in [0.25, 0.3) is 0 Å². The summed E-state index contributed by atoms with van der Waals surface area (Å²) >= 11 is 0. The molecule has 0 unspecified atom stereocenters. The van der Waals surface area contributed by atoms with Crippen LogP contribution < -0.4 is 0 Å². The molecule has 5 rings (SSSR count). The summed E-state index contributed by atoms with van der Waals surface area (Å²) in [5.74, 6) is 0. The number of carbonyl (C=O) groups is 1. The van der Waals surface area contributed by atoms with Gasteiger partial charge >= 0.3 is 0 Å². The third-order valence-corrected chi connectivity index (χ3v) is 5.44. The van der Waals surface area contributed by atoms with Crippen molar-refractivity contribution >= 4 is 29.2 Å². The molecule has 0 bridgehead atoms. The average Bonchev–Trinajstić information content (AvgIpc) is 3.02. The van der Waals surface area contributed by atoms with Gasteiger partial charge in [0.05, 0.1) is 5.69 Å². The molecule has 0 fully saturated rings. The van der Waals surface area contributed by atoms with E-state index in [1.54, 1.807) is 0 Å². The van der Waals surface area contributed by atoms with Crippen LogP contribution in [0.4, 0.5) is 0 Å². The molecule has 2 aliphatic carbocycles. The highest BCUT2D eigenvalue weighted by Gasteiger charge is 2.24. The van der Waals surface area contributed by atoms with Crippen molar-refractivity contribution in [1.29, 1.82) is 0 Å². The second kappa shape index (κ2) is 5.59. The molecule has 0 radical (unpaired) electrons. The maximum absolute atomic E-state index is 11.5. The summed E-state index contributed by atoms with van der Waals surface area (Å²) < 4.78 is 2.40. The maximum Gasteiger partial charge on any atom is 0.150 e. The molecule has 0 N–H and O–H groups in total. The molecule has 0 saturated carbocycles. The molecule has 122 valence electrons. The molecule has 0 spiro atoms. The summed E-state index contributed by atoms with van der Waals surface area (Å²) in [6.07, 6.45) is 14.5. The quantitative estimate of drug-likeness (QED) is 0.581. The van der Waals surface area contributed by atoms with E-state index in [-0.39, 0.29) is 0 Å². The highest BCUT2D eigenvalue weighted by Crippen LogP contribution is 2.37. The number of hydrogen-bond acceptors (Lipinski definition) is 1. The van der Waals surface area contributed by atoms with E-state index in [1.165, 1.54) is 22.5 Å². The van der Waals surface area contributed by atoms with Crippen LogP contribution in [0.15, 0.2) is 48.6 Å². The van der Waals surface area contributed by atoms with E-state index >= 15 is 0 Å². The third kappa shape index (κ3) is 2.07. The lowest BCUT2D eigenvalue weighted by molar-refractivity contribution is 0.112. The van der Waals surface area contributed by atoms with Crippen LogP contribution in [-0.4, -0.2) is 10.9 Å². The number of allylic oxidation sites excluding steroid dienone is 2. The predicted molar refractivity (Wildman–Crippen MR) is 103 cm³/mol. The fraction of sp³-hybridized carbons (Fsp3) is 0.174. The van der Waals surface area contributed by atoms with Crippen molar-refractivity contribution in [3.8, 4) is 5.69 Å². The minimum Gasteiger partial charge on any atom is -0.309 e. The van der Waals surface area contributed by atoms with Crippen LogP contribution in [0.25, 0.3) is 28.6 Å². The van der Waals surface area contributed by atoms with Crippen LogP contribution in [0, 0.1) is 0 Å². The van der Waals surface area contributed by atoms with E-state index in [4.69, 9.17) is 0 Å². The number of rotatable bonds is 2. The van der Waals surface area contributed by atoms with Crippen molar-refractivity contribution in [3.05, 3.63) is 76.6 Å². The van der Waals surface area contributed by atoms with Crippen LogP contribution in [0.1, 0.15) is 45.7 Å². The fourth-order valence-corrected chi connectivity index (χ4v) is 4.33. The molecular weight excluding hydrogens is 306 g/mol.